The van der Waals surface area contributed by atoms with Gasteiger partial charge in [-0.05, 0) is 62.5 Å². The van der Waals surface area contributed by atoms with Gasteiger partial charge in [0, 0.05) is 6.04 Å². The molecule has 0 bridgehead atoms. The van der Waals surface area contributed by atoms with Crippen molar-refractivity contribution in [2.45, 2.75) is 64.8 Å². The average molecular weight is 384 g/mol. The number of hydrogen-bond donors (Lipinski definition) is 1. The fourth-order valence-corrected chi connectivity index (χ4v) is 3.66. The van der Waals surface area contributed by atoms with E-state index in [0.717, 1.165) is 50.2 Å². The second kappa shape index (κ2) is 8.43. The number of amides is 1. The first-order valence-corrected chi connectivity index (χ1v) is 10.3. The molecule has 28 heavy (non-hydrogen) atoms. The van der Waals surface area contributed by atoms with Crippen LogP contribution < -0.4 is 5.32 Å². The van der Waals surface area contributed by atoms with Crippen molar-refractivity contribution in [3.8, 4) is 5.69 Å². The molecule has 0 unspecified atom stereocenters. The normalized spacial score (nSPS) is 16.3. The predicted octanol–water partition coefficient (Wildman–Crippen LogP) is 3.34. The fourth-order valence-electron chi connectivity index (χ4n) is 3.66. The van der Waals surface area contributed by atoms with E-state index in [0.29, 0.717) is 5.69 Å². The lowest BCUT2D eigenvalue weighted by molar-refractivity contribution is 0.0910. The van der Waals surface area contributed by atoms with Crippen molar-refractivity contribution in [3.05, 3.63) is 41.2 Å². The number of piperidine rings is 1. The minimum absolute atomic E-state index is 0.101. The van der Waals surface area contributed by atoms with Gasteiger partial charge < -0.3 is 10.2 Å². The van der Waals surface area contributed by atoms with E-state index in [-0.39, 0.29) is 17.4 Å². The van der Waals surface area contributed by atoms with Gasteiger partial charge in [-0.25, -0.2) is 4.68 Å². The molecule has 2 heterocycles. The third kappa shape index (κ3) is 4.61. The third-order valence-corrected chi connectivity index (χ3v) is 5.50. The molecular weight excluding hydrogens is 350 g/mol. The lowest BCUT2D eigenvalue weighted by Crippen LogP contribution is -2.43. The Balaban J connectivity index is 1.82. The molecule has 152 valence electrons. The molecule has 6 nitrogen and oxygen atoms in total. The van der Waals surface area contributed by atoms with Crippen LogP contribution in [-0.2, 0) is 11.8 Å². The van der Waals surface area contributed by atoms with Crippen LogP contribution in [0.2, 0.25) is 0 Å². The second-order valence-corrected chi connectivity index (χ2v) is 8.89. The first-order chi connectivity index (χ1) is 13.3. The Labute approximate surface area is 168 Å². The van der Waals surface area contributed by atoms with Crippen LogP contribution in [0.3, 0.4) is 0 Å². The maximum atomic E-state index is 12.9. The van der Waals surface area contributed by atoms with Crippen LogP contribution in [0.5, 0.6) is 0 Å². The van der Waals surface area contributed by atoms with Crippen molar-refractivity contribution in [2.24, 2.45) is 0 Å². The van der Waals surface area contributed by atoms with Crippen LogP contribution in [0.1, 0.15) is 68.7 Å². The van der Waals surface area contributed by atoms with Gasteiger partial charge in [0.2, 0.25) is 0 Å². The number of likely N-dealkylation sites (tertiary alicyclic amines) is 1. The summed E-state index contributed by atoms with van der Waals surface area (Å²) in [5, 5.41) is 11.7. The summed E-state index contributed by atoms with van der Waals surface area (Å²) in [4.78, 5) is 15.2. The lowest BCUT2D eigenvalue weighted by Gasteiger charge is -2.29. The van der Waals surface area contributed by atoms with Crippen molar-refractivity contribution in [1.29, 1.82) is 0 Å². The maximum Gasteiger partial charge on any atom is 0.273 e. The molecule has 0 atom stereocenters. The number of benzene rings is 1. The summed E-state index contributed by atoms with van der Waals surface area (Å²) < 4.78 is 1.82. The molecular formula is C22H33N5O. The number of hydrogen-bond acceptors (Lipinski definition) is 4. The second-order valence-electron chi connectivity index (χ2n) is 8.89. The van der Waals surface area contributed by atoms with Crippen LogP contribution in [0, 0.1) is 0 Å². The molecule has 1 fully saturated rings. The van der Waals surface area contributed by atoms with E-state index in [1.807, 2.05) is 4.68 Å². The van der Waals surface area contributed by atoms with Gasteiger partial charge in [-0.1, -0.05) is 51.5 Å². The zero-order valence-electron chi connectivity index (χ0n) is 17.8. The monoisotopic (exact) mass is 383 g/mol. The van der Waals surface area contributed by atoms with Crippen molar-refractivity contribution in [2.75, 3.05) is 20.1 Å². The summed E-state index contributed by atoms with van der Waals surface area (Å²) in [6, 6.07) is 8.60. The zero-order chi connectivity index (χ0) is 20.3. The van der Waals surface area contributed by atoms with E-state index in [2.05, 4.69) is 79.5 Å². The highest BCUT2D eigenvalue weighted by Gasteiger charge is 2.24. The third-order valence-electron chi connectivity index (χ3n) is 5.50. The fraction of sp³-hybridized carbons (Fsp3) is 0.591. The molecule has 3 rings (SSSR count). The standard InChI is InChI=1S/C22H33N5O/c1-6-7-19-20(21(28)23-17-12-14-26(5)15-13-17)24-25-27(19)18-10-8-16(9-11-18)22(2,3)4/h8-11,17H,6-7,12-15H2,1-5H3,(H,23,28). The highest BCUT2D eigenvalue weighted by Crippen LogP contribution is 2.24. The van der Waals surface area contributed by atoms with Gasteiger partial charge in [0.05, 0.1) is 11.4 Å². The summed E-state index contributed by atoms with van der Waals surface area (Å²) >= 11 is 0. The van der Waals surface area contributed by atoms with Gasteiger partial charge in [0.1, 0.15) is 0 Å². The Morgan fingerprint density at radius 2 is 1.82 bits per heavy atom. The maximum absolute atomic E-state index is 12.9. The van der Waals surface area contributed by atoms with Crippen molar-refractivity contribution < 1.29 is 4.79 Å². The van der Waals surface area contributed by atoms with Gasteiger partial charge in [-0.3, -0.25) is 4.79 Å². The Morgan fingerprint density at radius 3 is 2.39 bits per heavy atom. The Kier molecular flexibility index (Phi) is 6.18. The SMILES string of the molecule is CCCc1c(C(=O)NC2CCN(C)CC2)nnn1-c1ccc(C(C)(C)C)cc1. The van der Waals surface area contributed by atoms with E-state index in [1.54, 1.807) is 0 Å². The number of rotatable bonds is 5. The molecule has 1 N–H and O–H groups in total. The van der Waals surface area contributed by atoms with E-state index in [4.69, 9.17) is 0 Å². The number of nitrogens with one attached hydrogen (secondary N) is 1. The summed E-state index contributed by atoms with van der Waals surface area (Å²) in [5.74, 6) is -0.101. The van der Waals surface area contributed by atoms with Gasteiger partial charge >= 0.3 is 0 Å². The smallest absolute Gasteiger partial charge is 0.273 e. The van der Waals surface area contributed by atoms with Crippen LogP contribution in [0.25, 0.3) is 5.69 Å². The van der Waals surface area contributed by atoms with Crippen molar-refractivity contribution in [3.63, 3.8) is 0 Å². The van der Waals surface area contributed by atoms with Crippen LogP contribution in [0.15, 0.2) is 24.3 Å². The van der Waals surface area contributed by atoms with E-state index >= 15 is 0 Å². The molecule has 1 aromatic heterocycles. The highest BCUT2D eigenvalue weighted by atomic mass is 16.2. The Hall–Kier alpha value is -2.21. The number of carbonyl (C=O) groups is 1. The van der Waals surface area contributed by atoms with Gasteiger partial charge in [0.25, 0.3) is 5.91 Å². The summed E-state index contributed by atoms with van der Waals surface area (Å²) in [5.41, 5.74) is 3.67. The summed E-state index contributed by atoms with van der Waals surface area (Å²) in [6.07, 6.45) is 3.66. The Bertz CT molecular complexity index is 795. The van der Waals surface area contributed by atoms with E-state index in [1.165, 1.54) is 5.56 Å². The van der Waals surface area contributed by atoms with Crippen LogP contribution in [0.4, 0.5) is 0 Å². The molecule has 0 radical (unpaired) electrons. The largest absolute Gasteiger partial charge is 0.348 e. The zero-order valence-corrected chi connectivity index (χ0v) is 17.8. The topological polar surface area (TPSA) is 63.1 Å². The van der Waals surface area contributed by atoms with Crippen molar-refractivity contribution in [1.82, 2.24) is 25.2 Å². The molecule has 1 aromatic carbocycles. The minimum Gasteiger partial charge on any atom is -0.348 e. The predicted molar refractivity (Wildman–Crippen MR) is 112 cm³/mol. The molecule has 0 aliphatic carbocycles. The highest BCUT2D eigenvalue weighted by molar-refractivity contribution is 5.93. The lowest BCUT2D eigenvalue weighted by atomic mass is 9.87. The van der Waals surface area contributed by atoms with E-state index < -0.39 is 0 Å². The minimum atomic E-state index is -0.101. The van der Waals surface area contributed by atoms with E-state index in [9.17, 15) is 4.79 Å². The molecule has 0 spiro atoms. The number of carbonyl (C=O) groups excluding carboxylic acids is 1. The van der Waals surface area contributed by atoms with Crippen LogP contribution >= 0.6 is 0 Å². The van der Waals surface area contributed by atoms with Crippen molar-refractivity contribution >= 4 is 5.91 Å². The number of aromatic nitrogens is 3. The molecule has 0 saturated carbocycles. The summed E-state index contributed by atoms with van der Waals surface area (Å²) in [6.45, 7) is 10.7. The quantitative estimate of drug-likeness (QED) is 0.860. The molecule has 6 heteroatoms. The Morgan fingerprint density at radius 1 is 1.18 bits per heavy atom. The molecule has 2 aromatic rings. The molecule has 1 amide bonds. The number of nitrogens with zero attached hydrogens (tertiary/aromatic N) is 4. The molecule has 1 saturated heterocycles. The van der Waals surface area contributed by atoms with Crippen LogP contribution in [-0.4, -0.2) is 52.0 Å². The van der Waals surface area contributed by atoms with Gasteiger partial charge in [0.15, 0.2) is 5.69 Å². The average Bonchev–Trinajstić information content (AvgIpc) is 3.07. The first-order valence-electron chi connectivity index (χ1n) is 10.3. The summed E-state index contributed by atoms with van der Waals surface area (Å²) in [7, 11) is 2.12. The molecule has 1 aliphatic heterocycles. The van der Waals surface area contributed by atoms with Gasteiger partial charge in [-0.2, -0.15) is 0 Å². The molecule has 1 aliphatic rings. The first kappa shape index (κ1) is 20.5. The van der Waals surface area contributed by atoms with Gasteiger partial charge in [-0.15, -0.1) is 5.10 Å².